The van der Waals surface area contributed by atoms with Gasteiger partial charge in [-0.15, -0.1) is 17.5 Å². The fourth-order valence-corrected chi connectivity index (χ4v) is 3.39. The van der Waals surface area contributed by atoms with Crippen LogP contribution in [0.5, 0.6) is 0 Å². The van der Waals surface area contributed by atoms with Crippen LogP contribution in [-0.2, 0) is 6.54 Å². The molecule has 164 valence electrons. The van der Waals surface area contributed by atoms with Crippen molar-refractivity contribution in [2.75, 3.05) is 18.8 Å². The molecule has 3 aromatic rings. The van der Waals surface area contributed by atoms with Crippen molar-refractivity contribution in [1.82, 2.24) is 35.6 Å². The summed E-state index contributed by atoms with van der Waals surface area (Å²) in [4.78, 5) is 15.3. The van der Waals surface area contributed by atoms with Crippen LogP contribution in [0.25, 0.3) is 5.82 Å². The molecule has 0 saturated carbocycles. The molecule has 3 heterocycles. The molecule has 0 aliphatic carbocycles. The number of nitrogens with one attached hydrogen (secondary N) is 1. The second-order valence-electron chi connectivity index (χ2n) is 7.11. The average molecular weight is 446 g/mol. The van der Waals surface area contributed by atoms with E-state index in [9.17, 15) is 4.79 Å². The van der Waals surface area contributed by atoms with Gasteiger partial charge in [-0.2, -0.15) is 9.78 Å². The number of amides is 1. The maximum absolute atomic E-state index is 13.1. The van der Waals surface area contributed by atoms with Crippen LogP contribution in [0.3, 0.4) is 0 Å². The van der Waals surface area contributed by atoms with E-state index >= 15 is 0 Å². The highest BCUT2D eigenvalue weighted by Gasteiger charge is 2.26. The Labute approximate surface area is 185 Å². The molecule has 1 saturated heterocycles. The number of likely N-dealkylation sites (tertiary alicyclic amines) is 1. The SMILES string of the molecule is C/C(=N\NC(=O)c1c(CN2CCCCC2)nnn1-c1nonc1N)c1ccccc1.Cl. The molecule has 31 heavy (non-hydrogen) atoms. The van der Waals surface area contributed by atoms with Crippen LogP contribution in [0.15, 0.2) is 40.1 Å². The van der Waals surface area contributed by atoms with Gasteiger partial charge in [0.1, 0.15) is 5.69 Å². The number of anilines is 1. The molecule has 1 aromatic carbocycles. The van der Waals surface area contributed by atoms with Gasteiger partial charge in [0.2, 0.25) is 11.6 Å². The van der Waals surface area contributed by atoms with Crippen LogP contribution < -0.4 is 11.2 Å². The van der Waals surface area contributed by atoms with Crippen molar-refractivity contribution < 1.29 is 9.42 Å². The molecule has 2 aromatic heterocycles. The number of aromatic nitrogens is 5. The maximum Gasteiger partial charge on any atom is 0.292 e. The van der Waals surface area contributed by atoms with E-state index in [1.54, 1.807) is 0 Å². The number of piperidine rings is 1. The molecule has 1 aliphatic rings. The van der Waals surface area contributed by atoms with Gasteiger partial charge in [0, 0.05) is 6.54 Å². The van der Waals surface area contributed by atoms with Crippen molar-refractivity contribution in [3.05, 3.63) is 47.3 Å². The summed E-state index contributed by atoms with van der Waals surface area (Å²) in [7, 11) is 0. The maximum atomic E-state index is 13.1. The molecule has 0 radical (unpaired) electrons. The Morgan fingerprint density at radius 2 is 1.94 bits per heavy atom. The lowest BCUT2D eigenvalue weighted by Crippen LogP contribution is -2.31. The molecule has 12 heteroatoms. The highest BCUT2D eigenvalue weighted by atomic mass is 35.5. The third-order valence-corrected chi connectivity index (χ3v) is 4.99. The zero-order valence-electron chi connectivity index (χ0n) is 17.1. The van der Waals surface area contributed by atoms with E-state index < -0.39 is 5.91 Å². The quantitative estimate of drug-likeness (QED) is 0.432. The summed E-state index contributed by atoms with van der Waals surface area (Å²) in [5, 5.41) is 19.8. The molecule has 0 unspecified atom stereocenters. The molecule has 0 bridgehead atoms. The van der Waals surface area contributed by atoms with Crippen molar-refractivity contribution >= 4 is 29.8 Å². The molecule has 0 spiro atoms. The Kier molecular flexibility index (Phi) is 7.32. The molecule has 11 nitrogen and oxygen atoms in total. The van der Waals surface area contributed by atoms with Gasteiger partial charge in [-0.25, -0.2) is 10.1 Å². The molecule has 3 N–H and O–H groups in total. The second kappa shape index (κ2) is 10.1. The van der Waals surface area contributed by atoms with Gasteiger partial charge in [0.05, 0.1) is 5.71 Å². The summed E-state index contributed by atoms with van der Waals surface area (Å²) in [6, 6.07) is 9.57. The fraction of sp³-hybridized carbons (Fsp3) is 0.368. The van der Waals surface area contributed by atoms with Gasteiger partial charge in [-0.1, -0.05) is 42.0 Å². The highest BCUT2D eigenvalue weighted by molar-refractivity contribution is 6.00. The Balaban J connectivity index is 0.00000272. The molecular weight excluding hydrogens is 422 g/mol. The minimum Gasteiger partial charge on any atom is -0.378 e. The summed E-state index contributed by atoms with van der Waals surface area (Å²) >= 11 is 0. The van der Waals surface area contributed by atoms with Crippen molar-refractivity contribution in [2.24, 2.45) is 5.10 Å². The van der Waals surface area contributed by atoms with Gasteiger partial charge in [-0.05, 0) is 48.7 Å². The number of hydrogen-bond acceptors (Lipinski definition) is 9. The summed E-state index contributed by atoms with van der Waals surface area (Å²) in [6.45, 7) is 4.22. The smallest absolute Gasteiger partial charge is 0.292 e. The minimum atomic E-state index is -0.468. The molecular formula is C19H24ClN9O2. The van der Waals surface area contributed by atoms with Gasteiger partial charge in [-0.3, -0.25) is 9.69 Å². The number of nitrogens with zero attached hydrogens (tertiary/aromatic N) is 7. The lowest BCUT2D eigenvalue weighted by Gasteiger charge is -2.25. The topological polar surface area (TPSA) is 140 Å². The monoisotopic (exact) mass is 445 g/mol. The summed E-state index contributed by atoms with van der Waals surface area (Å²) in [5.41, 5.74) is 10.7. The Morgan fingerprint density at radius 3 is 2.61 bits per heavy atom. The number of halogens is 1. The van der Waals surface area contributed by atoms with Crippen molar-refractivity contribution in [2.45, 2.75) is 32.7 Å². The van der Waals surface area contributed by atoms with Gasteiger partial charge < -0.3 is 5.73 Å². The first kappa shape index (κ1) is 22.4. The van der Waals surface area contributed by atoms with Crippen LogP contribution in [0.4, 0.5) is 5.82 Å². The normalized spacial score (nSPS) is 14.8. The van der Waals surface area contributed by atoms with Crippen molar-refractivity contribution in [1.29, 1.82) is 0 Å². The van der Waals surface area contributed by atoms with Crippen LogP contribution >= 0.6 is 12.4 Å². The van der Waals surface area contributed by atoms with Crippen molar-refractivity contribution in [3.8, 4) is 5.82 Å². The number of carbonyl (C=O) groups is 1. The van der Waals surface area contributed by atoms with E-state index in [-0.39, 0.29) is 29.7 Å². The zero-order valence-corrected chi connectivity index (χ0v) is 17.9. The molecule has 1 aliphatic heterocycles. The number of carbonyl (C=O) groups excluding carboxylic acids is 1. The lowest BCUT2D eigenvalue weighted by molar-refractivity contribution is 0.0944. The number of benzene rings is 1. The summed E-state index contributed by atoms with van der Waals surface area (Å²) < 4.78 is 5.91. The van der Waals surface area contributed by atoms with Crippen LogP contribution in [0.1, 0.15) is 47.9 Å². The lowest BCUT2D eigenvalue weighted by atomic mass is 10.1. The Bertz CT molecular complexity index is 1040. The fourth-order valence-electron chi connectivity index (χ4n) is 3.39. The Morgan fingerprint density at radius 1 is 1.19 bits per heavy atom. The first-order chi connectivity index (χ1) is 14.6. The van der Waals surface area contributed by atoms with Gasteiger partial charge >= 0.3 is 0 Å². The number of hydrogen-bond donors (Lipinski definition) is 2. The second-order valence-corrected chi connectivity index (χ2v) is 7.11. The molecule has 0 atom stereocenters. The van der Waals surface area contributed by atoms with E-state index in [0.717, 1.165) is 31.5 Å². The van der Waals surface area contributed by atoms with E-state index in [0.29, 0.717) is 18.0 Å². The predicted octanol–water partition coefficient (Wildman–Crippen LogP) is 1.79. The van der Waals surface area contributed by atoms with Gasteiger partial charge in [0.25, 0.3) is 5.91 Å². The highest BCUT2D eigenvalue weighted by Crippen LogP contribution is 2.19. The first-order valence-corrected chi connectivity index (χ1v) is 9.79. The third-order valence-electron chi connectivity index (χ3n) is 4.99. The van der Waals surface area contributed by atoms with Crippen LogP contribution in [0, 0.1) is 0 Å². The van der Waals surface area contributed by atoms with Crippen LogP contribution in [-0.4, -0.2) is 54.9 Å². The number of rotatable bonds is 6. The van der Waals surface area contributed by atoms with E-state index in [1.807, 2.05) is 37.3 Å². The summed E-state index contributed by atoms with van der Waals surface area (Å²) in [6.07, 6.45) is 3.46. The molecule has 4 rings (SSSR count). The predicted molar refractivity (Wildman–Crippen MR) is 116 cm³/mol. The average Bonchev–Trinajstić information content (AvgIpc) is 3.38. The van der Waals surface area contributed by atoms with Crippen molar-refractivity contribution in [3.63, 3.8) is 0 Å². The molecule has 1 amide bonds. The number of nitrogen functional groups attached to an aromatic ring is 1. The zero-order chi connectivity index (χ0) is 20.9. The minimum absolute atomic E-state index is 0. The standard InChI is InChI=1S/C19H23N9O2.ClH/c1-13(14-8-4-2-5-9-14)21-23-19(29)16-15(12-27-10-6-3-7-11-27)22-26-28(16)18-17(20)24-30-25-18;/h2,4-5,8-9H,3,6-7,10-12H2,1H3,(H2,20,24)(H,23,29);1H/b21-13+;. The Hall–Kier alpha value is -3.31. The first-order valence-electron chi connectivity index (χ1n) is 9.79. The van der Waals surface area contributed by atoms with E-state index in [1.165, 1.54) is 11.1 Å². The van der Waals surface area contributed by atoms with E-state index in [2.05, 4.69) is 40.7 Å². The largest absolute Gasteiger partial charge is 0.378 e. The third kappa shape index (κ3) is 5.06. The van der Waals surface area contributed by atoms with Gasteiger partial charge in [0.15, 0.2) is 5.69 Å². The summed E-state index contributed by atoms with van der Waals surface area (Å²) in [5.74, 6) is -0.339. The number of hydrazone groups is 1. The molecule has 1 fully saturated rings. The van der Waals surface area contributed by atoms with Crippen LogP contribution in [0.2, 0.25) is 0 Å². The van der Waals surface area contributed by atoms with E-state index in [4.69, 9.17) is 5.73 Å². The number of nitrogens with two attached hydrogens (primary N) is 1.